The van der Waals surface area contributed by atoms with E-state index in [1.54, 1.807) is 11.0 Å². The molecule has 0 unspecified atom stereocenters. The molecule has 1 aliphatic heterocycles. The van der Waals surface area contributed by atoms with Gasteiger partial charge in [-0.3, -0.25) is 0 Å². The maximum Gasteiger partial charge on any atom is 0.511 e. The van der Waals surface area contributed by atoms with Crippen molar-refractivity contribution in [3.05, 3.63) is 18.0 Å². The number of hydrogen-bond acceptors (Lipinski definition) is 6. The Hall–Kier alpha value is -2.97. The molecule has 0 atom stereocenters. The molecule has 2 aromatic rings. The number of ether oxygens (including phenoxy) is 2. The average molecular weight is 418 g/mol. The van der Waals surface area contributed by atoms with E-state index in [-0.39, 0.29) is 23.8 Å². The minimum absolute atomic E-state index is 0.145. The smallest absolute Gasteiger partial charge is 0.449 e. The van der Waals surface area contributed by atoms with Gasteiger partial charge in [-0.15, -0.1) is 0 Å². The predicted molar refractivity (Wildman–Crippen MR) is 113 cm³/mol. The monoisotopic (exact) mass is 418 g/mol. The minimum atomic E-state index is -1.38. The summed E-state index contributed by atoms with van der Waals surface area (Å²) in [6.07, 6.45) is -0.161. The van der Waals surface area contributed by atoms with Crippen molar-refractivity contribution in [2.75, 3.05) is 18.4 Å². The number of rotatable bonds is 4. The zero-order valence-electron chi connectivity index (χ0n) is 18.1. The van der Waals surface area contributed by atoms with Crippen LogP contribution < -0.4 is 10.1 Å². The Morgan fingerprint density at radius 3 is 2.50 bits per heavy atom. The van der Waals surface area contributed by atoms with Crippen molar-refractivity contribution in [2.24, 2.45) is 0 Å². The number of fused-ring (bicyclic) bond motifs is 1. The summed E-state index contributed by atoms with van der Waals surface area (Å²) >= 11 is 0. The van der Waals surface area contributed by atoms with Crippen molar-refractivity contribution in [3.63, 3.8) is 0 Å². The van der Waals surface area contributed by atoms with E-state index in [9.17, 15) is 9.59 Å². The minimum Gasteiger partial charge on any atom is -0.449 e. The van der Waals surface area contributed by atoms with Crippen LogP contribution in [0.3, 0.4) is 0 Å². The number of likely N-dealkylation sites (tertiary alicyclic amines) is 1. The van der Waals surface area contributed by atoms with E-state index in [1.807, 2.05) is 40.7 Å². The van der Waals surface area contributed by atoms with E-state index in [1.165, 1.54) is 0 Å². The Labute approximate surface area is 175 Å². The molecule has 1 saturated heterocycles. The zero-order valence-corrected chi connectivity index (χ0v) is 18.1. The van der Waals surface area contributed by atoms with Crippen LogP contribution in [0, 0.1) is 0 Å². The topological polar surface area (TPSA) is 117 Å². The largest absolute Gasteiger partial charge is 0.511 e. The van der Waals surface area contributed by atoms with Crippen LogP contribution in [0.2, 0.25) is 0 Å². The molecule has 0 bridgehead atoms. The number of amides is 1. The number of piperidine rings is 1. The van der Waals surface area contributed by atoms with Crippen LogP contribution in [0.25, 0.3) is 11.0 Å². The Morgan fingerprint density at radius 2 is 1.93 bits per heavy atom. The highest BCUT2D eigenvalue weighted by molar-refractivity contribution is 5.87. The first-order chi connectivity index (χ1) is 14.0. The van der Waals surface area contributed by atoms with Gasteiger partial charge < -0.3 is 29.8 Å². The summed E-state index contributed by atoms with van der Waals surface area (Å²) in [6.45, 7) is 10.8. The van der Waals surface area contributed by atoms with E-state index >= 15 is 0 Å². The number of H-pyrrole nitrogens is 1. The van der Waals surface area contributed by atoms with E-state index in [0.29, 0.717) is 24.1 Å². The number of aromatic nitrogens is 2. The van der Waals surface area contributed by atoms with Gasteiger partial charge in [0.05, 0.1) is 5.52 Å². The molecular weight excluding hydrogens is 388 g/mol. The molecule has 1 amide bonds. The van der Waals surface area contributed by atoms with Crippen molar-refractivity contribution in [1.29, 1.82) is 0 Å². The number of aromatic amines is 1. The third kappa shape index (κ3) is 5.34. The van der Waals surface area contributed by atoms with Gasteiger partial charge in [0.25, 0.3) is 0 Å². The summed E-state index contributed by atoms with van der Waals surface area (Å²) < 4.78 is 10.4. The number of hydrogen-bond donors (Lipinski definition) is 3. The summed E-state index contributed by atoms with van der Waals surface area (Å²) in [7, 11) is 0. The number of nitrogens with one attached hydrogen (secondary N) is 2. The summed E-state index contributed by atoms with van der Waals surface area (Å²) in [4.78, 5) is 32.8. The molecule has 1 fully saturated rings. The molecule has 0 spiro atoms. The van der Waals surface area contributed by atoms with Crippen molar-refractivity contribution in [3.8, 4) is 5.75 Å². The van der Waals surface area contributed by atoms with Crippen molar-refractivity contribution >= 4 is 29.0 Å². The Kier molecular flexibility index (Phi) is 6.09. The second-order valence-electron chi connectivity index (χ2n) is 8.90. The van der Waals surface area contributed by atoms with Crippen molar-refractivity contribution in [1.82, 2.24) is 14.9 Å². The molecule has 1 aliphatic rings. The summed E-state index contributed by atoms with van der Waals surface area (Å²) in [6, 6.07) is 3.71. The zero-order chi connectivity index (χ0) is 22.1. The maximum absolute atomic E-state index is 12.2. The normalized spacial score (nSPS) is 15.5. The molecule has 0 saturated carbocycles. The predicted octanol–water partition coefficient (Wildman–Crippen LogP) is 4.55. The average Bonchev–Trinajstić information content (AvgIpc) is 3.05. The first kappa shape index (κ1) is 21.7. The fourth-order valence-corrected chi connectivity index (χ4v) is 3.40. The highest BCUT2D eigenvalue weighted by Gasteiger charge is 2.27. The van der Waals surface area contributed by atoms with Crippen LogP contribution in [-0.4, -0.2) is 57.0 Å². The maximum atomic E-state index is 12.2. The first-order valence-electron chi connectivity index (χ1n) is 10.2. The van der Waals surface area contributed by atoms with Gasteiger partial charge in [-0.25, -0.2) is 14.6 Å². The molecule has 0 radical (unpaired) electrons. The van der Waals surface area contributed by atoms with Gasteiger partial charge in [-0.1, -0.05) is 13.8 Å². The molecule has 3 rings (SSSR count). The number of anilines is 1. The third-order valence-corrected chi connectivity index (χ3v) is 4.83. The standard InChI is InChI=1S/C21H30N4O5/c1-12(2)18-23-15-10-14(11-16(17(15)24-18)29-20(27)28)22-13-6-8-25(9-7-13)19(26)30-21(3,4)5/h10-13,22H,6-9H2,1-5H3,(H,23,24)(H,27,28). The molecule has 1 aromatic heterocycles. The number of carboxylic acid groups (broad SMARTS) is 1. The van der Waals surface area contributed by atoms with Gasteiger partial charge in [0.15, 0.2) is 5.75 Å². The van der Waals surface area contributed by atoms with Gasteiger partial charge in [-0.05, 0) is 39.7 Å². The molecule has 9 heteroatoms. The van der Waals surface area contributed by atoms with E-state index < -0.39 is 11.8 Å². The molecule has 2 heterocycles. The van der Waals surface area contributed by atoms with E-state index in [4.69, 9.17) is 14.6 Å². The number of imidazole rings is 1. The molecule has 164 valence electrons. The second kappa shape index (κ2) is 8.41. The van der Waals surface area contributed by atoms with Gasteiger partial charge in [-0.2, -0.15) is 0 Å². The number of benzene rings is 1. The molecule has 30 heavy (non-hydrogen) atoms. The van der Waals surface area contributed by atoms with Crippen molar-refractivity contribution in [2.45, 2.75) is 65.0 Å². The lowest BCUT2D eigenvalue weighted by Gasteiger charge is -2.34. The quantitative estimate of drug-likeness (QED) is 0.492. The van der Waals surface area contributed by atoms with E-state index in [2.05, 4.69) is 15.3 Å². The summed E-state index contributed by atoms with van der Waals surface area (Å²) in [5.41, 5.74) is 1.44. The molecule has 9 nitrogen and oxygen atoms in total. The van der Waals surface area contributed by atoms with Gasteiger partial charge in [0, 0.05) is 36.8 Å². The number of carbonyl (C=O) groups is 2. The van der Waals surface area contributed by atoms with Crippen LogP contribution in [0.4, 0.5) is 15.3 Å². The Balaban J connectivity index is 1.71. The van der Waals surface area contributed by atoms with E-state index in [0.717, 1.165) is 24.4 Å². The highest BCUT2D eigenvalue weighted by Crippen LogP contribution is 2.31. The van der Waals surface area contributed by atoms with Crippen LogP contribution in [0.5, 0.6) is 5.75 Å². The van der Waals surface area contributed by atoms with Crippen molar-refractivity contribution < 1.29 is 24.2 Å². The summed E-state index contributed by atoms with van der Waals surface area (Å²) in [5.74, 6) is 1.13. The SMILES string of the molecule is CC(C)c1nc2c(OC(=O)O)cc(NC3CCN(C(=O)OC(C)(C)C)CC3)cc2[nH]1. The first-order valence-corrected chi connectivity index (χ1v) is 10.2. The Morgan fingerprint density at radius 1 is 1.27 bits per heavy atom. The molecule has 3 N–H and O–H groups in total. The van der Waals surface area contributed by atoms with Crippen LogP contribution in [0.15, 0.2) is 12.1 Å². The van der Waals surface area contributed by atoms with Crippen LogP contribution >= 0.6 is 0 Å². The summed E-state index contributed by atoms with van der Waals surface area (Å²) in [5, 5.41) is 12.5. The van der Waals surface area contributed by atoms with Crippen LogP contribution in [0.1, 0.15) is 59.2 Å². The number of carbonyl (C=O) groups excluding carboxylic acids is 1. The van der Waals surface area contributed by atoms with Gasteiger partial charge in [0.1, 0.15) is 16.9 Å². The lowest BCUT2D eigenvalue weighted by Crippen LogP contribution is -2.44. The lowest BCUT2D eigenvalue weighted by atomic mass is 10.0. The third-order valence-electron chi connectivity index (χ3n) is 4.83. The van der Waals surface area contributed by atoms with Gasteiger partial charge in [0.2, 0.25) is 0 Å². The lowest BCUT2D eigenvalue weighted by molar-refractivity contribution is 0.0210. The molecule has 0 aliphatic carbocycles. The highest BCUT2D eigenvalue weighted by atomic mass is 16.7. The number of nitrogens with zero attached hydrogens (tertiary/aromatic N) is 2. The van der Waals surface area contributed by atoms with Crippen LogP contribution in [-0.2, 0) is 4.74 Å². The van der Waals surface area contributed by atoms with Gasteiger partial charge >= 0.3 is 12.2 Å². The molecular formula is C21H30N4O5. The second-order valence-corrected chi connectivity index (χ2v) is 8.90. The Bertz CT molecular complexity index is 923. The molecule has 1 aromatic carbocycles. The fraction of sp³-hybridized carbons (Fsp3) is 0.571. The fourth-order valence-electron chi connectivity index (χ4n) is 3.40.